The lowest BCUT2D eigenvalue weighted by Crippen LogP contribution is -2.38. The first-order chi connectivity index (χ1) is 8.11. The Balaban J connectivity index is 2.00. The van der Waals surface area contributed by atoms with Crippen LogP contribution in [0.2, 0.25) is 0 Å². The summed E-state index contributed by atoms with van der Waals surface area (Å²) in [7, 11) is 0. The fraction of sp³-hybridized carbons (Fsp3) is 0.923. The number of hydrogen-bond acceptors (Lipinski definition) is 3. The maximum Gasteiger partial charge on any atom is 0.224 e. The van der Waals surface area contributed by atoms with Crippen LogP contribution in [0, 0.1) is 11.8 Å². The van der Waals surface area contributed by atoms with Crippen LogP contribution in [0.15, 0.2) is 0 Å². The van der Waals surface area contributed by atoms with Crippen LogP contribution in [0.3, 0.4) is 0 Å². The van der Waals surface area contributed by atoms with Gasteiger partial charge in [0, 0.05) is 19.2 Å². The molecule has 1 amide bonds. The second kappa shape index (κ2) is 7.67. The van der Waals surface area contributed by atoms with Gasteiger partial charge in [-0.25, -0.2) is 0 Å². The minimum atomic E-state index is 0.130. The molecular formula is C13H26N2O2. The number of nitrogens with one attached hydrogen (secondary N) is 2. The van der Waals surface area contributed by atoms with Gasteiger partial charge in [0.25, 0.3) is 0 Å². The quantitative estimate of drug-likeness (QED) is 0.659. The van der Waals surface area contributed by atoms with Gasteiger partial charge in [0.15, 0.2) is 0 Å². The molecule has 1 aliphatic heterocycles. The molecule has 1 fully saturated rings. The minimum Gasteiger partial charge on any atom is -0.380 e. The molecule has 0 aromatic rings. The summed E-state index contributed by atoms with van der Waals surface area (Å²) >= 11 is 0. The third-order valence-corrected chi connectivity index (χ3v) is 3.25. The van der Waals surface area contributed by atoms with E-state index < -0.39 is 0 Å². The van der Waals surface area contributed by atoms with Gasteiger partial charge in [0.2, 0.25) is 5.91 Å². The normalized spacial score (nSPS) is 24.2. The highest BCUT2D eigenvalue weighted by Gasteiger charge is 2.28. The second-order valence-electron chi connectivity index (χ2n) is 5.22. The molecule has 100 valence electrons. The first kappa shape index (κ1) is 14.5. The Bertz CT molecular complexity index is 231. The average Bonchev–Trinajstić information content (AvgIpc) is 2.69. The van der Waals surface area contributed by atoms with Crippen molar-refractivity contribution < 1.29 is 9.53 Å². The summed E-state index contributed by atoms with van der Waals surface area (Å²) in [6.07, 6.45) is 2.03. The van der Waals surface area contributed by atoms with Crippen LogP contribution < -0.4 is 10.6 Å². The van der Waals surface area contributed by atoms with Crippen LogP contribution in [0.4, 0.5) is 0 Å². The molecule has 0 saturated carbocycles. The molecule has 0 aliphatic carbocycles. The maximum atomic E-state index is 11.8. The van der Waals surface area contributed by atoms with E-state index in [9.17, 15) is 4.79 Å². The zero-order valence-corrected chi connectivity index (χ0v) is 11.3. The van der Waals surface area contributed by atoms with E-state index in [1.807, 2.05) is 0 Å². The highest BCUT2D eigenvalue weighted by Crippen LogP contribution is 2.14. The summed E-state index contributed by atoms with van der Waals surface area (Å²) in [6.45, 7) is 9.40. The van der Waals surface area contributed by atoms with Gasteiger partial charge in [0.1, 0.15) is 0 Å². The lowest BCUT2D eigenvalue weighted by molar-refractivity contribution is -0.125. The summed E-state index contributed by atoms with van der Waals surface area (Å²) in [5.74, 6) is 0.968. The fourth-order valence-corrected chi connectivity index (χ4v) is 2.02. The molecule has 17 heavy (non-hydrogen) atoms. The monoisotopic (exact) mass is 242 g/mol. The molecule has 4 heteroatoms. The summed E-state index contributed by atoms with van der Waals surface area (Å²) < 4.78 is 5.45. The van der Waals surface area contributed by atoms with E-state index in [1.54, 1.807) is 0 Å². The van der Waals surface area contributed by atoms with Gasteiger partial charge in [-0.2, -0.15) is 0 Å². The lowest BCUT2D eigenvalue weighted by atomic mass is 10.0. The fourth-order valence-electron chi connectivity index (χ4n) is 2.02. The van der Waals surface area contributed by atoms with Crippen molar-refractivity contribution in [3.63, 3.8) is 0 Å². The summed E-state index contributed by atoms with van der Waals surface area (Å²) in [5, 5.41) is 6.22. The molecule has 1 saturated heterocycles. The van der Waals surface area contributed by atoms with Crippen molar-refractivity contribution in [2.45, 2.75) is 39.7 Å². The van der Waals surface area contributed by atoms with Crippen molar-refractivity contribution in [3.8, 4) is 0 Å². The average molecular weight is 242 g/mol. The zero-order chi connectivity index (χ0) is 12.7. The summed E-state index contributed by atoms with van der Waals surface area (Å²) in [4.78, 5) is 11.8. The number of carbonyl (C=O) groups excluding carboxylic acids is 1. The van der Waals surface area contributed by atoms with Crippen LogP contribution >= 0.6 is 0 Å². The van der Waals surface area contributed by atoms with Crippen molar-refractivity contribution in [2.24, 2.45) is 11.8 Å². The number of rotatable bonds is 7. The number of hydrogen-bond donors (Lipinski definition) is 2. The van der Waals surface area contributed by atoms with E-state index in [0.717, 1.165) is 26.0 Å². The van der Waals surface area contributed by atoms with Gasteiger partial charge in [-0.1, -0.05) is 13.8 Å². The molecule has 0 aromatic heterocycles. The molecule has 2 unspecified atom stereocenters. The molecule has 0 spiro atoms. The molecule has 2 N–H and O–H groups in total. The molecule has 1 aliphatic rings. The Morgan fingerprint density at radius 1 is 1.47 bits per heavy atom. The maximum absolute atomic E-state index is 11.8. The Morgan fingerprint density at radius 3 is 2.82 bits per heavy atom. The predicted molar refractivity (Wildman–Crippen MR) is 68.9 cm³/mol. The van der Waals surface area contributed by atoms with E-state index in [-0.39, 0.29) is 11.8 Å². The summed E-state index contributed by atoms with van der Waals surface area (Å²) in [6, 6.07) is 0.303. The highest BCUT2D eigenvalue weighted by molar-refractivity contribution is 5.79. The zero-order valence-electron chi connectivity index (χ0n) is 11.3. The van der Waals surface area contributed by atoms with Crippen molar-refractivity contribution in [2.75, 3.05) is 26.3 Å². The van der Waals surface area contributed by atoms with Crippen LogP contribution in [0.1, 0.15) is 33.6 Å². The molecule has 1 heterocycles. The standard InChI is InChI=1S/C13H26N2O2/c1-10(2)5-8-17-9-7-15-13(16)12-4-6-14-11(12)3/h10-12,14H,4-9H2,1-3H3,(H,15,16). The van der Waals surface area contributed by atoms with E-state index in [0.29, 0.717) is 25.1 Å². The SMILES string of the molecule is CC(C)CCOCCNC(=O)C1CCNC1C. The largest absolute Gasteiger partial charge is 0.380 e. The Hall–Kier alpha value is -0.610. The third-order valence-electron chi connectivity index (χ3n) is 3.25. The Labute approximate surface area is 104 Å². The second-order valence-corrected chi connectivity index (χ2v) is 5.22. The van der Waals surface area contributed by atoms with Crippen molar-refractivity contribution in [1.82, 2.24) is 10.6 Å². The van der Waals surface area contributed by atoms with Gasteiger partial charge >= 0.3 is 0 Å². The number of carbonyl (C=O) groups is 1. The first-order valence-corrected chi connectivity index (χ1v) is 6.70. The van der Waals surface area contributed by atoms with Gasteiger partial charge in [-0.15, -0.1) is 0 Å². The van der Waals surface area contributed by atoms with Gasteiger partial charge < -0.3 is 15.4 Å². The first-order valence-electron chi connectivity index (χ1n) is 6.70. The number of ether oxygens (including phenoxy) is 1. The van der Waals surface area contributed by atoms with Crippen molar-refractivity contribution in [1.29, 1.82) is 0 Å². The summed E-state index contributed by atoms with van der Waals surface area (Å²) in [5.41, 5.74) is 0. The number of amides is 1. The highest BCUT2D eigenvalue weighted by atomic mass is 16.5. The topological polar surface area (TPSA) is 50.4 Å². The van der Waals surface area contributed by atoms with Crippen LogP contribution in [0.5, 0.6) is 0 Å². The van der Waals surface area contributed by atoms with E-state index in [2.05, 4.69) is 31.4 Å². The van der Waals surface area contributed by atoms with Gasteiger partial charge in [-0.3, -0.25) is 4.79 Å². The predicted octanol–water partition coefficient (Wildman–Crippen LogP) is 1.16. The van der Waals surface area contributed by atoms with Crippen LogP contribution in [0.25, 0.3) is 0 Å². The molecule has 0 radical (unpaired) electrons. The molecule has 1 rings (SSSR count). The van der Waals surface area contributed by atoms with E-state index >= 15 is 0 Å². The van der Waals surface area contributed by atoms with Gasteiger partial charge in [0.05, 0.1) is 12.5 Å². The molecule has 0 aromatic carbocycles. The van der Waals surface area contributed by atoms with Crippen molar-refractivity contribution >= 4 is 5.91 Å². The Kier molecular flexibility index (Phi) is 6.52. The van der Waals surface area contributed by atoms with E-state index in [1.165, 1.54) is 0 Å². The molecular weight excluding hydrogens is 216 g/mol. The third kappa shape index (κ3) is 5.50. The molecule has 2 atom stereocenters. The lowest BCUT2D eigenvalue weighted by Gasteiger charge is -2.15. The molecule has 0 bridgehead atoms. The minimum absolute atomic E-state index is 0.130. The smallest absolute Gasteiger partial charge is 0.224 e. The van der Waals surface area contributed by atoms with Gasteiger partial charge in [-0.05, 0) is 32.2 Å². The van der Waals surface area contributed by atoms with E-state index in [4.69, 9.17) is 4.74 Å². The molecule has 4 nitrogen and oxygen atoms in total. The van der Waals surface area contributed by atoms with Crippen molar-refractivity contribution in [3.05, 3.63) is 0 Å². The Morgan fingerprint density at radius 2 is 2.24 bits per heavy atom. The van der Waals surface area contributed by atoms with Crippen LogP contribution in [-0.4, -0.2) is 38.3 Å². The van der Waals surface area contributed by atoms with Crippen LogP contribution in [-0.2, 0) is 9.53 Å².